The van der Waals surface area contributed by atoms with Gasteiger partial charge in [-0.2, -0.15) is 0 Å². The Kier molecular flexibility index (Phi) is 3.62. The Balaban J connectivity index is 2.10. The van der Waals surface area contributed by atoms with E-state index in [0.29, 0.717) is 5.57 Å². The van der Waals surface area contributed by atoms with Gasteiger partial charge in [-0.15, -0.1) is 0 Å². The average Bonchev–Trinajstić information content (AvgIpc) is 2.94. The second-order valence-corrected chi connectivity index (χ2v) is 5.81. The van der Waals surface area contributed by atoms with Gasteiger partial charge in [-0.1, -0.05) is 18.2 Å². The summed E-state index contributed by atoms with van der Waals surface area (Å²) in [5, 5.41) is 9.10. The van der Waals surface area contributed by atoms with Gasteiger partial charge >= 0.3 is 5.97 Å². The molecule has 1 saturated heterocycles. The highest BCUT2D eigenvalue weighted by Crippen LogP contribution is 2.46. The highest BCUT2D eigenvalue weighted by atomic mass is 16.6. The summed E-state index contributed by atoms with van der Waals surface area (Å²) in [6.45, 7) is 7.98. The van der Waals surface area contributed by atoms with Crippen LogP contribution >= 0.6 is 0 Å². The third kappa shape index (κ3) is 2.83. The lowest BCUT2D eigenvalue weighted by molar-refractivity contribution is -0.133. The van der Waals surface area contributed by atoms with Crippen molar-refractivity contribution in [3.05, 3.63) is 23.8 Å². The maximum absolute atomic E-state index is 11.1. The fourth-order valence-electron chi connectivity index (χ4n) is 2.78. The molecule has 1 aliphatic heterocycles. The number of rotatable bonds is 2. The molecule has 0 aromatic heterocycles. The molecular formula is C15H22O3. The number of fused-ring (bicyclic) bond motifs is 1. The van der Waals surface area contributed by atoms with Gasteiger partial charge in [0.1, 0.15) is 0 Å². The van der Waals surface area contributed by atoms with Crippen LogP contribution in [0.5, 0.6) is 0 Å². The highest BCUT2D eigenvalue weighted by molar-refractivity contribution is 5.86. The van der Waals surface area contributed by atoms with Gasteiger partial charge in [-0.05, 0) is 51.9 Å². The van der Waals surface area contributed by atoms with E-state index in [1.165, 1.54) is 5.57 Å². The van der Waals surface area contributed by atoms with Crippen molar-refractivity contribution in [2.75, 3.05) is 0 Å². The van der Waals surface area contributed by atoms with Crippen molar-refractivity contribution >= 4 is 5.97 Å². The van der Waals surface area contributed by atoms with Crippen LogP contribution in [0.2, 0.25) is 0 Å². The number of carboxylic acid groups (broad SMARTS) is 1. The molecule has 2 aliphatic rings. The van der Waals surface area contributed by atoms with Gasteiger partial charge in [-0.25, -0.2) is 4.79 Å². The SMILES string of the molecule is C=C(C(=O)O)[C@@H]1CCC(C)=CCC[C@@]2(C)OC2C1. The van der Waals surface area contributed by atoms with Crippen molar-refractivity contribution in [3.8, 4) is 0 Å². The Morgan fingerprint density at radius 3 is 3.00 bits per heavy atom. The summed E-state index contributed by atoms with van der Waals surface area (Å²) in [6, 6.07) is 0. The third-order valence-electron chi connectivity index (χ3n) is 4.32. The van der Waals surface area contributed by atoms with Crippen molar-refractivity contribution in [2.24, 2.45) is 5.92 Å². The Morgan fingerprint density at radius 2 is 2.33 bits per heavy atom. The van der Waals surface area contributed by atoms with Crippen LogP contribution in [0.25, 0.3) is 0 Å². The molecule has 1 aliphatic carbocycles. The van der Waals surface area contributed by atoms with Gasteiger partial charge in [0.2, 0.25) is 0 Å². The van der Waals surface area contributed by atoms with Gasteiger partial charge in [0.15, 0.2) is 0 Å². The number of epoxide rings is 1. The molecule has 3 atom stereocenters. The minimum atomic E-state index is -0.874. The molecule has 1 heterocycles. The molecule has 0 amide bonds. The van der Waals surface area contributed by atoms with Crippen molar-refractivity contribution in [2.45, 2.75) is 57.7 Å². The summed E-state index contributed by atoms with van der Waals surface area (Å²) < 4.78 is 5.77. The van der Waals surface area contributed by atoms with Gasteiger partial charge < -0.3 is 9.84 Å². The lowest BCUT2D eigenvalue weighted by Crippen LogP contribution is -2.18. The summed E-state index contributed by atoms with van der Waals surface area (Å²) in [5.41, 5.74) is 1.65. The summed E-state index contributed by atoms with van der Waals surface area (Å²) in [6.07, 6.45) is 7.18. The molecule has 1 fully saturated rings. The van der Waals surface area contributed by atoms with E-state index in [1.54, 1.807) is 0 Å². The first-order valence-electron chi connectivity index (χ1n) is 6.68. The lowest BCUT2D eigenvalue weighted by atomic mass is 9.84. The molecule has 1 unspecified atom stereocenters. The van der Waals surface area contributed by atoms with Gasteiger partial charge in [0, 0.05) is 5.57 Å². The molecule has 1 N–H and O–H groups in total. The first kappa shape index (κ1) is 13.3. The number of allylic oxidation sites excluding steroid dienone is 2. The van der Waals surface area contributed by atoms with Crippen LogP contribution in [-0.4, -0.2) is 22.8 Å². The molecule has 2 rings (SSSR count). The fourth-order valence-corrected chi connectivity index (χ4v) is 2.78. The van der Waals surface area contributed by atoms with E-state index in [2.05, 4.69) is 26.5 Å². The second-order valence-electron chi connectivity index (χ2n) is 5.81. The average molecular weight is 250 g/mol. The quantitative estimate of drug-likeness (QED) is 0.464. The van der Waals surface area contributed by atoms with Crippen LogP contribution in [0, 0.1) is 5.92 Å². The molecule has 0 aromatic carbocycles. The number of carboxylic acids is 1. The van der Waals surface area contributed by atoms with E-state index in [1.807, 2.05) is 0 Å². The zero-order valence-electron chi connectivity index (χ0n) is 11.2. The van der Waals surface area contributed by atoms with Gasteiger partial charge in [0.25, 0.3) is 0 Å². The van der Waals surface area contributed by atoms with Crippen LogP contribution < -0.4 is 0 Å². The van der Waals surface area contributed by atoms with E-state index in [-0.39, 0.29) is 17.6 Å². The van der Waals surface area contributed by atoms with Crippen LogP contribution in [0.3, 0.4) is 0 Å². The standard InChI is InChI=1S/C15H22O3/c1-10-5-4-8-15(3)13(18-15)9-12(7-6-10)11(2)14(16)17/h5,12-13H,2,4,6-9H2,1,3H3,(H,16,17)/t12-,13?,15-/m1/s1. The number of aliphatic carboxylic acids is 1. The minimum absolute atomic E-state index is 0.0366. The van der Waals surface area contributed by atoms with Crippen molar-refractivity contribution < 1.29 is 14.6 Å². The zero-order valence-corrected chi connectivity index (χ0v) is 11.2. The number of ether oxygens (including phenoxy) is 1. The summed E-state index contributed by atoms with van der Waals surface area (Å²) >= 11 is 0. The van der Waals surface area contributed by atoms with E-state index < -0.39 is 5.97 Å². The third-order valence-corrected chi connectivity index (χ3v) is 4.32. The van der Waals surface area contributed by atoms with E-state index in [4.69, 9.17) is 9.84 Å². The van der Waals surface area contributed by atoms with E-state index >= 15 is 0 Å². The predicted octanol–water partition coefficient (Wildman–Crippen LogP) is 3.31. The first-order chi connectivity index (χ1) is 8.42. The number of hydrogen-bond donors (Lipinski definition) is 1. The predicted molar refractivity (Wildman–Crippen MR) is 70.4 cm³/mol. The molecule has 0 aromatic rings. The molecule has 3 heteroatoms. The van der Waals surface area contributed by atoms with Crippen molar-refractivity contribution in [1.29, 1.82) is 0 Å². The topological polar surface area (TPSA) is 49.8 Å². The fraction of sp³-hybridized carbons (Fsp3) is 0.667. The summed E-state index contributed by atoms with van der Waals surface area (Å²) in [7, 11) is 0. The Hall–Kier alpha value is -1.09. The van der Waals surface area contributed by atoms with E-state index in [0.717, 1.165) is 32.1 Å². The van der Waals surface area contributed by atoms with Crippen LogP contribution in [0.4, 0.5) is 0 Å². The molecule has 0 saturated carbocycles. The number of hydrogen-bond acceptors (Lipinski definition) is 2. The maximum Gasteiger partial charge on any atom is 0.331 e. The molecule has 0 radical (unpaired) electrons. The van der Waals surface area contributed by atoms with Crippen LogP contribution in [0.15, 0.2) is 23.8 Å². The molecule has 3 nitrogen and oxygen atoms in total. The molecular weight excluding hydrogens is 228 g/mol. The van der Waals surface area contributed by atoms with E-state index in [9.17, 15) is 4.79 Å². The molecule has 0 bridgehead atoms. The Morgan fingerprint density at radius 1 is 1.61 bits per heavy atom. The smallest absolute Gasteiger partial charge is 0.331 e. The molecule has 18 heavy (non-hydrogen) atoms. The van der Waals surface area contributed by atoms with Gasteiger partial charge in [0.05, 0.1) is 11.7 Å². The van der Waals surface area contributed by atoms with Crippen molar-refractivity contribution in [3.63, 3.8) is 0 Å². The minimum Gasteiger partial charge on any atom is -0.478 e. The molecule has 100 valence electrons. The van der Waals surface area contributed by atoms with Crippen molar-refractivity contribution in [1.82, 2.24) is 0 Å². The summed E-state index contributed by atoms with van der Waals surface area (Å²) in [4.78, 5) is 11.1. The Bertz CT molecular complexity index is 397. The lowest BCUT2D eigenvalue weighted by Gasteiger charge is -2.18. The monoisotopic (exact) mass is 250 g/mol. The molecule has 0 spiro atoms. The normalized spacial score (nSPS) is 36.2. The van der Waals surface area contributed by atoms with Gasteiger partial charge in [-0.3, -0.25) is 0 Å². The Labute approximate surface area is 109 Å². The number of carbonyl (C=O) groups is 1. The largest absolute Gasteiger partial charge is 0.478 e. The first-order valence-corrected chi connectivity index (χ1v) is 6.68. The summed E-state index contributed by atoms with van der Waals surface area (Å²) in [5.74, 6) is -0.836. The maximum atomic E-state index is 11.1. The second kappa shape index (κ2) is 4.88. The highest BCUT2D eigenvalue weighted by Gasteiger charge is 2.52. The van der Waals surface area contributed by atoms with Crippen LogP contribution in [-0.2, 0) is 9.53 Å². The zero-order chi connectivity index (χ0) is 13.3. The van der Waals surface area contributed by atoms with Crippen LogP contribution in [0.1, 0.15) is 46.0 Å².